The van der Waals surface area contributed by atoms with E-state index in [0.717, 1.165) is 12.2 Å². The number of ether oxygens (including phenoxy) is 2. The zero-order valence-electron chi connectivity index (χ0n) is 14.5. The number of anilines is 1. The first kappa shape index (κ1) is 17.1. The van der Waals surface area contributed by atoms with Gasteiger partial charge in [-0.05, 0) is 18.2 Å². The van der Waals surface area contributed by atoms with Crippen LogP contribution in [0.5, 0.6) is 11.5 Å². The third kappa shape index (κ3) is 3.68. The molecule has 1 aliphatic heterocycles. The van der Waals surface area contributed by atoms with Gasteiger partial charge in [0.1, 0.15) is 11.5 Å². The summed E-state index contributed by atoms with van der Waals surface area (Å²) in [5.74, 6) is 1.99. The van der Waals surface area contributed by atoms with Crippen LogP contribution in [0.2, 0.25) is 0 Å². The van der Waals surface area contributed by atoms with Gasteiger partial charge in [-0.1, -0.05) is 31.6 Å². The maximum absolute atomic E-state index is 12.5. The Hall–Kier alpha value is -2.76. The molecule has 0 aliphatic carbocycles. The number of carbonyl (C=O) groups excluding carboxylic acids is 1. The highest BCUT2D eigenvalue weighted by molar-refractivity contribution is 6.02. The van der Waals surface area contributed by atoms with Gasteiger partial charge in [-0.3, -0.25) is 9.69 Å². The molecule has 25 heavy (non-hydrogen) atoms. The van der Waals surface area contributed by atoms with Gasteiger partial charge >= 0.3 is 0 Å². The first-order valence-corrected chi connectivity index (χ1v) is 8.38. The lowest BCUT2D eigenvalue weighted by Crippen LogP contribution is -2.29. The average molecular weight is 342 g/mol. The van der Waals surface area contributed by atoms with Gasteiger partial charge in [0.25, 0.3) is 5.91 Å². The molecule has 6 nitrogen and oxygen atoms in total. The molecule has 0 spiro atoms. The molecular formula is C19H22N2O4. The van der Waals surface area contributed by atoms with Gasteiger partial charge in [-0.25, -0.2) is 0 Å². The van der Waals surface area contributed by atoms with Crippen LogP contribution in [-0.2, 0) is 11.3 Å². The Bertz CT molecular complexity index is 767. The van der Waals surface area contributed by atoms with Crippen LogP contribution in [0.4, 0.5) is 5.69 Å². The number of aromatic nitrogens is 1. The van der Waals surface area contributed by atoms with Crippen LogP contribution < -0.4 is 14.4 Å². The van der Waals surface area contributed by atoms with Crippen LogP contribution in [0.25, 0.3) is 0 Å². The molecule has 1 aliphatic rings. The molecule has 0 fully saturated rings. The quantitative estimate of drug-likeness (QED) is 0.776. The van der Waals surface area contributed by atoms with Gasteiger partial charge in [-0.2, -0.15) is 0 Å². The summed E-state index contributed by atoms with van der Waals surface area (Å²) < 4.78 is 16.9. The van der Waals surface area contributed by atoms with Crippen molar-refractivity contribution in [2.75, 3.05) is 18.1 Å². The molecule has 1 amide bonds. The van der Waals surface area contributed by atoms with Crippen molar-refractivity contribution in [3.8, 4) is 11.5 Å². The molecule has 132 valence electrons. The smallest absolute Gasteiger partial charge is 0.250 e. The standard InChI is InChI=1S/C19H22N2O4/c1-4-18(22)21(12-14-11-17(13(2)3)25-20-14)15-7-5-8-16-19(15)24-10-6-9-23-16/h4-5,7-8,11,13H,1,6,9-10,12H2,2-3H3. The maximum Gasteiger partial charge on any atom is 0.250 e. The molecule has 3 rings (SSSR count). The van der Waals surface area contributed by atoms with Crippen molar-refractivity contribution in [3.05, 3.63) is 48.4 Å². The fourth-order valence-corrected chi connectivity index (χ4v) is 2.62. The van der Waals surface area contributed by atoms with Crippen LogP contribution in [0.3, 0.4) is 0 Å². The lowest BCUT2D eigenvalue weighted by atomic mass is 10.1. The molecular weight excluding hydrogens is 320 g/mol. The normalized spacial score (nSPS) is 13.4. The van der Waals surface area contributed by atoms with E-state index in [1.807, 2.05) is 38.1 Å². The van der Waals surface area contributed by atoms with Crippen LogP contribution >= 0.6 is 0 Å². The summed E-state index contributed by atoms with van der Waals surface area (Å²) in [5, 5.41) is 4.07. The predicted molar refractivity (Wildman–Crippen MR) is 94.0 cm³/mol. The zero-order chi connectivity index (χ0) is 17.8. The molecule has 2 aromatic rings. The molecule has 1 aromatic heterocycles. The molecule has 0 N–H and O–H groups in total. The van der Waals surface area contributed by atoms with E-state index in [1.54, 1.807) is 4.90 Å². The molecule has 1 aromatic carbocycles. The van der Waals surface area contributed by atoms with Crippen molar-refractivity contribution >= 4 is 11.6 Å². The molecule has 0 saturated carbocycles. The summed E-state index contributed by atoms with van der Waals surface area (Å²) in [6, 6.07) is 7.38. The summed E-state index contributed by atoms with van der Waals surface area (Å²) in [6.07, 6.45) is 2.07. The van der Waals surface area contributed by atoms with E-state index >= 15 is 0 Å². The number of amides is 1. The molecule has 6 heteroatoms. The van der Waals surface area contributed by atoms with Crippen molar-refractivity contribution in [2.45, 2.75) is 32.7 Å². The molecule has 0 bridgehead atoms. The Kier molecular flexibility index (Phi) is 5.07. The number of fused-ring (bicyclic) bond motifs is 1. The van der Waals surface area contributed by atoms with E-state index in [1.165, 1.54) is 6.08 Å². The van der Waals surface area contributed by atoms with E-state index in [4.69, 9.17) is 14.0 Å². The highest BCUT2D eigenvalue weighted by atomic mass is 16.5. The highest BCUT2D eigenvalue weighted by Gasteiger charge is 2.23. The number of hydrogen-bond donors (Lipinski definition) is 0. The van der Waals surface area contributed by atoms with Gasteiger partial charge in [-0.15, -0.1) is 0 Å². The van der Waals surface area contributed by atoms with Crippen molar-refractivity contribution in [1.82, 2.24) is 5.16 Å². The number of para-hydroxylation sites is 1. The molecule has 0 saturated heterocycles. The van der Waals surface area contributed by atoms with Crippen molar-refractivity contribution < 1.29 is 18.8 Å². The predicted octanol–water partition coefficient (Wildman–Crippen LogP) is 3.68. The minimum absolute atomic E-state index is 0.231. The summed E-state index contributed by atoms with van der Waals surface area (Å²) in [7, 11) is 0. The summed E-state index contributed by atoms with van der Waals surface area (Å²) >= 11 is 0. The zero-order valence-corrected chi connectivity index (χ0v) is 14.5. The van der Waals surface area contributed by atoms with E-state index in [2.05, 4.69) is 11.7 Å². The average Bonchev–Trinajstić information content (AvgIpc) is 2.95. The second-order valence-electron chi connectivity index (χ2n) is 6.16. The minimum atomic E-state index is -0.240. The first-order chi connectivity index (χ1) is 12.1. The van der Waals surface area contributed by atoms with E-state index in [9.17, 15) is 4.79 Å². The monoisotopic (exact) mass is 342 g/mol. The topological polar surface area (TPSA) is 64.8 Å². The van der Waals surface area contributed by atoms with E-state index in [-0.39, 0.29) is 18.4 Å². The molecule has 2 heterocycles. The van der Waals surface area contributed by atoms with Gasteiger partial charge in [0, 0.05) is 18.4 Å². The van der Waals surface area contributed by atoms with Crippen molar-refractivity contribution in [1.29, 1.82) is 0 Å². The molecule has 0 unspecified atom stereocenters. The van der Waals surface area contributed by atoms with Gasteiger partial charge in [0.15, 0.2) is 11.5 Å². The summed E-state index contributed by atoms with van der Waals surface area (Å²) in [4.78, 5) is 14.1. The van der Waals surface area contributed by atoms with Gasteiger partial charge < -0.3 is 14.0 Å². The van der Waals surface area contributed by atoms with E-state index < -0.39 is 0 Å². The number of rotatable bonds is 5. The molecule has 0 radical (unpaired) electrons. The summed E-state index contributed by atoms with van der Waals surface area (Å²) in [6.45, 7) is 9.06. The van der Waals surface area contributed by atoms with Crippen molar-refractivity contribution in [2.24, 2.45) is 0 Å². The fraction of sp³-hybridized carbons (Fsp3) is 0.368. The number of benzene rings is 1. The largest absolute Gasteiger partial charge is 0.489 e. The lowest BCUT2D eigenvalue weighted by molar-refractivity contribution is -0.114. The van der Waals surface area contributed by atoms with Gasteiger partial charge in [0.05, 0.1) is 25.4 Å². The van der Waals surface area contributed by atoms with Crippen molar-refractivity contribution in [3.63, 3.8) is 0 Å². The maximum atomic E-state index is 12.5. The Balaban J connectivity index is 1.96. The number of nitrogens with zero attached hydrogens (tertiary/aromatic N) is 2. The highest BCUT2D eigenvalue weighted by Crippen LogP contribution is 2.39. The Labute approximate surface area is 147 Å². The van der Waals surface area contributed by atoms with Crippen LogP contribution in [0, 0.1) is 0 Å². The SMILES string of the molecule is C=CC(=O)N(Cc1cc(C(C)C)on1)c1cccc2c1OCCCO2. The van der Waals surface area contributed by atoms with Crippen LogP contribution in [-0.4, -0.2) is 24.3 Å². The summed E-state index contributed by atoms with van der Waals surface area (Å²) in [5.41, 5.74) is 1.31. The van der Waals surface area contributed by atoms with Crippen LogP contribution in [0.15, 0.2) is 41.4 Å². The van der Waals surface area contributed by atoms with Gasteiger partial charge in [0.2, 0.25) is 0 Å². The second-order valence-corrected chi connectivity index (χ2v) is 6.16. The minimum Gasteiger partial charge on any atom is -0.489 e. The second kappa shape index (κ2) is 7.42. The Morgan fingerprint density at radius 3 is 2.88 bits per heavy atom. The van der Waals surface area contributed by atoms with E-state index in [0.29, 0.717) is 36.1 Å². The Morgan fingerprint density at radius 2 is 2.16 bits per heavy atom. The number of carbonyl (C=O) groups is 1. The van der Waals surface area contributed by atoms with Crippen LogP contribution in [0.1, 0.15) is 37.6 Å². The third-order valence-corrected chi connectivity index (χ3v) is 3.95. The lowest BCUT2D eigenvalue weighted by Gasteiger charge is -2.23. The fourth-order valence-electron chi connectivity index (χ4n) is 2.62. The molecule has 0 atom stereocenters. The number of hydrogen-bond acceptors (Lipinski definition) is 5. The third-order valence-electron chi connectivity index (χ3n) is 3.95. The first-order valence-electron chi connectivity index (χ1n) is 8.38. The Morgan fingerprint density at radius 1 is 1.36 bits per heavy atom.